The van der Waals surface area contributed by atoms with Crippen LogP contribution in [0.5, 0.6) is 0 Å². The zero-order chi connectivity index (χ0) is 41.2. The van der Waals surface area contributed by atoms with E-state index in [0.717, 1.165) is 64.1 Å². The van der Waals surface area contributed by atoms with Crippen molar-refractivity contribution in [2.45, 2.75) is 95.0 Å². The summed E-state index contributed by atoms with van der Waals surface area (Å²) in [5, 5.41) is 12.7. The third kappa shape index (κ3) is 11.1. The Morgan fingerprint density at radius 2 is 1.41 bits per heavy atom. The fraction of sp³-hybridized carbons (Fsp3) is 0.367. The molecule has 0 aromatic heterocycles. The van der Waals surface area contributed by atoms with E-state index in [2.05, 4.69) is 58.3 Å². The summed E-state index contributed by atoms with van der Waals surface area (Å²) in [5.74, 6) is -0.301. The highest BCUT2D eigenvalue weighted by Crippen LogP contribution is 2.42. The molecule has 10 heteroatoms. The molecule has 2 saturated heterocycles. The fourth-order valence-corrected chi connectivity index (χ4v) is 9.37. The molecule has 5 atom stereocenters. The molecule has 0 radical (unpaired) electrons. The van der Waals surface area contributed by atoms with Gasteiger partial charge in [0.2, 0.25) is 15.9 Å². The van der Waals surface area contributed by atoms with Gasteiger partial charge in [0.25, 0.3) is 0 Å². The van der Waals surface area contributed by atoms with Crippen LogP contribution in [0, 0.1) is 12.8 Å². The van der Waals surface area contributed by atoms with Crippen molar-refractivity contribution in [2.75, 3.05) is 19.6 Å². The van der Waals surface area contributed by atoms with Crippen molar-refractivity contribution in [2.24, 2.45) is 5.92 Å². The molecule has 0 bridgehead atoms. The van der Waals surface area contributed by atoms with Crippen molar-refractivity contribution in [3.05, 3.63) is 161 Å². The Hall–Kier alpha value is -4.68. The van der Waals surface area contributed by atoms with Crippen LogP contribution in [0.3, 0.4) is 0 Å². The third-order valence-corrected chi connectivity index (χ3v) is 13.2. The highest BCUT2D eigenvalue weighted by Gasteiger charge is 2.39. The Bertz CT molecular complexity index is 2210. The van der Waals surface area contributed by atoms with Gasteiger partial charge < -0.3 is 24.8 Å². The number of aliphatic hydroxyl groups is 1. The second kappa shape index (κ2) is 20.1. The Morgan fingerprint density at radius 3 is 2.10 bits per heavy atom. The topological polar surface area (TPSA) is 117 Å². The second-order valence-corrected chi connectivity index (χ2v) is 17.8. The molecule has 0 saturated carbocycles. The van der Waals surface area contributed by atoms with E-state index in [-0.39, 0.29) is 42.6 Å². The first kappa shape index (κ1) is 42.4. The molecule has 2 aliphatic heterocycles. The van der Waals surface area contributed by atoms with E-state index in [1.807, 2.05) is 73.7 Å². The van der Waals surface area contributed by atoms with E-state index in [1.165, 1.54) is 32.1 Å². The molecule has 2 aliphatic rings. The smallest absolute Gasteiger partial charge is 0.241 e. The van der Waals surface area contributed by atoms with Crippen molar-refractivity contribution in [1.29, 1.82) is 0 Å². The first-order chi connectivity index (χ1) is 28.7. The average Bonchev–Trinajstić information content (AvgIpc) is 3.25. The molecule has 310 valence electrons. The summed E-state index contributed by atoms with van der Waals surface area (Å²) in [6.07, 6.45) is 5.69. The van der Waals surface area contributed by atoms with E-state index in [4.69, 9.17) is 9.47 Å². The lowest BCUT2D eigenvalue weighted by molar-refractivity contribution is -0.276. The van der Waals surface area contributed by atoms with Gasteiger partial charge >= 0.3 is 0 Å². The van der Waals surface area contributed by atoms with Gasteiger partial charge in [0.15, 0.2) is 6.29 Å². The van der Waals surface area contributed by atoms with Crippen LogP contribution in [0.2, 0.25) is 0 Å². The Morgan fingerprint density at radius 1 is 0.763 bits per heavy atom. The minimum absolute atomic E-state index is 0.00261. The third-order valence-electron chi connectivity index (χ3n) is 11.7. The molecular formula is C49H57N3O6S. The van der Waals surface area contributed by atoms with Crippen LogP contribution < -0.4 is 10.0 Å². The average molecular weight is 816 g/mol. The first-order valence-electron chi connectivity index (χ1n) is 21.0. The Balaban J connectivity index is 1.08. The SMILES string of the molecule is Cc1ccc(S(=O)(=O)NC(Cc2ccccc2)C(=O)NCc2ccccc2-c2ccc(C3OC(CN4CCCCCCC4)C(C)C(c4ccc(CO)cc4)O3)cc2)cc1. The number of amides is 1. The maximum absolute atomic E-state index is 13.8. The number of hydrogen-bond acceptors (Lipinski definition) is 7. The van der Waals surface area contributed by atoms with Gasteiger partial charge in [-0.05, 0) is 84.8 Å². The van der Waals surface area contributed by atoms with Crippen molar-refractivity contribution in [3.63, 3.8) is 0 Å². The molecule has 9 nitrogen and oxygen atoms in total. The molecule has 0 spiro atoms. The number of rotatable bonds is 14. The number of sulfonamides is 1. The van der Waals surface area contributed by atoms with Crippen LogP contribution in [0.4, 0.5) is 0 Å². The van der Waals surface area contributed by atoms with E-state index < -0.39 is 28.3 Å². The highest BCUT2D eigenvalue weighted by molar-refractivity contribution is 7.89. The van der Waals surface area contributed by atoms with Crippen molar-refractivity contribution >= 4 is 15.9 Å². The number of carbonyl (C=O) groups is 1. The van der Waals surface area contributed by atoms with Crippen LogP contribution in [0.15, 0.2) is 132 Å². The quantitative estimate of drug-likeness (QED) is 0.103. The van der Waals surface area contributed by atoms with Gasteiger partial charge in [0, 0.05) is 24.6 Å². The lowest BCUT2D eigenvalue weighted by Gasteiger charge is -2.43. The van der Waals surface area contributed by atoms with Gasteiger partial charge in [-0.15, -0.1) is 0 Å². The van der Waals surface area contributed by atoms with Crippen LogP contribution in [0.1, 0.15) is 84.8 Å². The summed E-state index contributed by atoms with van der Waals surface area (Å²) in [5.41, 5.74) is 7.47. The number of carbonyl (C=O) groups excluding carboxylic acids is 1. The number of likely N-dealkylation sites (tertiary alicyclic amines) is 1. The minimum atomic E-state index is -3.97. The van der Waals surface area contributed by atoms with E-state index in [1.54, 1.807) is 24.3 Å². The largest absolute Gasteiger partial charge is 0.392 e. The van der Waals surface area contributed by atoms with Gasteiger partial charge in [-0.3, -0.25) is 4.79 Å². The van der Waals surface area contributed by atoms with E-state index in [0.29, 0.717) is 0 Å². The van der Waals surface area contributed by atoms with Gasteiger partial charge in [0.1, 0.15) is 6.04 Å². The lowest BCUT2D eigenvalue weighted by atomic mass is 9.89. The summed E-state index contributed by atoms with van der Waals surface area (Å²) in [4.78, 5) is 16.5. The highest BCUT2D eigenvalue weighted by atomic mass is 32.2. The molecule has 5 aromatic rings. The van der Waals surface area contributed by atoms with Crippen LogP contribution >= 0.6 is 0 Å². The molecule has 5 aromatic carbocycles. The van der Waals surface area contributed by atoms with Crippen LogP contribution in [-0.2, 0) is 43.9 Å². The van der Waals surface area contributed by atoms with Gasteiger partial charge in [0.05, 0.1) is 23.7 Å². The summed E-state index contributed by atoms with van der Waals surface area (Å²) < 4.78 is 43.2. The molecule has 1 amide bonds. The predicted octanol–water partition coefficient (Wildman–Crippen LogP) is 8.42. The predicted molar refractivity (Wildman–Crippen MR) is 232 cm³/mol. The normalized spacial score (nSPS) is 20.9. The van der Waals surface area contributed by atoms with Crippen LogP contribution in [-0.4, -0.2) is 56.1 Å². The number of aliphatic hydroxyl groups excluding tert-OH is 1. The molecular weight excluding hydrogens is 759 g/mol. The molecule has 3 N–H and O–H groups in total. The fourth-order valence-electron chi connectivity index (χ4n) is 8.17. The molecule has 2 heterocycles. The summed E-state index contributed by atoms with van der Waals surface area (Å²) in [6, 6.07) is 39.2. The summed E-state index contributed by atoms with van der Waals surface area (Å²) in [7, 11) is -3.97. The second-order valence-electron chi connectivity index (χ2n) is 16.1. The molecule has 59 heavy (non-hydrogen) atoms. The summed E-state index contributed by atoms with van der Waals surface area (Å²) in [6.45, 7) is 7.33. The van der Waals surface area contributed by atoms with Crippen molar-refractivity contribution in [3.8, 4) is 11.1 Å². The summed E-state index contributed by atoms with van der Waals surface area (Å²) >= 11 is 0. The number of nitrogens with one attached hydrogen (secondary N) is 2. The molecule has 7 rings (SSSR count). The van der Waals surface area contributed by atoms with Crippen molar-refractivity contribution < 1.29 is 27.8 Å². The molecule has 2 fully saturated rings. The zero-order valence-corrected chi connectivity index (χ0v) is 34.9. The monoisotopic (exact) mass is 815 g/mol. The standard InChI is InChI=1S/C49H57N3O6S/c1-35-17-27-43(28-18-35)59(55,56)51-45(31-37-13-7-6-8-14-37)48(54)50-32-42-15-9-10-16-44(42)39-23-25-41(26-24-39)49-57-46(33-52-29-11-4-3-5-12-30-52)36(2)47(58-49)40-21-19-38(34-53)20-22-40/h6-10,13-28,36,45-47,49,51,53H,3-5,11-12,29-34H2,1-2H3,(H,50,54). The number of benzene rings is 5. The van der Waals surface area contributed by atoms with Crippen LogP contribution in [0.25, 0.3) is 11.1 Å². The van der Waals surface area contributed by atoms with E-state index in [9.17, 15) is 18.3 Å². The number of hydrogen-bond donors (Lipinski definition) is 3. The number of ether oxygens (including phenoxy) is 2. The Labute approximate surface area is 349 Å². The Kier molecular flexibility index (Phi) is 14.4. The minimum Gasteiger partial charge on any atom is -0.392 e. The zero-order valence-electron chi connectivity index (χ0n) is 34.1. The first-order valence-corrected chi connectivity index (χ1v) is 22.5. The van der Waals surface area contributed by atoms with Gasteiger partial charge in [-0.25, -0.2) is 8.42 Å². The maximum Gasteiger partial charge on any atom is 0.241 e. The maximum atomic E-state index is 13.8. The molecule has 5 unspecified atom stereocenters. The molecule has 0 aliphatic carbocycles. The van der Waals surface area contributed by atoms with Gasteiger partial charge in [-0.1, -0.05) is 147 Å². The van der Waals surface area contributed by atoms with Crippen molar-refractivity contribution in [1.82, 2.24) is 14.9 Å². The van der Waals surface area contributed by atoms with Gasteiger partial charge in [-0.2, -0.15) is 4.72 Å². The number of nitrogens with zero attached hydrogens (tertiary/aromatic N) is 1. The lowest BCUT2D eigenvalue weighted by Crippen LogP contribution is -2.47. The van der Waals surface area contributed by atoms with E-state index >= 15 is 0 Å². The number of aryl methyl sites for hydroxylation is 1.